The van der Waals surface area contributed by atoms with Gasteiger partial charge in [-0.2, -0.15) is 0 Å². The summed E-state index contributed by atoms with van der Waals surface area (Å²) in [7, 11) is 2.03. The molecule has 0 saturated heterocycles. The molecule has 0 radical (unpaired) electrons. The summed E-state index contributed by atoms with van der Waals surface area (Å²) in [6, 6.07) is 2.52. The first-order chi connectivity index (χ1) is 7.22. The van der Waals surface area contributed by atoms with E-state index >= 15 is 0 Å². The largest absolute Gasteiger partial charge is 0.469 e. The van der Waals surface area contributed by atoms with Gasteiger partial charge in [-0.05, 0) is 32.4 Å². The van der Waals surface area contributed by atoms with Crippen LogP contribution >= 0.6 is 0 Å². The van der Waals surface area contributed by atoms with Crippen molar-refractivity contribution in [1.82, 2.24) is 5.32 Å². The Kier molecular flexibility index (Phi) is 4.89. The Morgan fingerprint density at radius 3 is 2.40 bits per heavy atom. The van der Waals surface area contributed by atoms with E-state index in [0.717, 1.165) is 11.7 Å². The minimum Gasteiger partial charge on any atom is -0.469 e. The molecule has 1 atom stereocenters. The number of rotatable bonds is 6. The number of hydrogen-bond donors (Lipinski definition) is 1. The second-order valence-electron chi connectivity index (χ2n) is 4.19. The Labute approximate surface area is 93.1 Å². The summed E-state index contributed by atoms with van der Waals surface area (Å²) < 4.78 is 5.36. The average Bonchev–Trinajstić information content (AvgIpc) is 2.67. The van der Waals surface area contributed by atoms with Crippen molar-refractivity contribution in [3.05, 3.63) is 23.7 Å². The van der Waals surface area contributed by atoms with Gasteiger partial charge >= 0.3 is 0 Å². The fraction of sp³-hybridized carbons (Fsp3) is 0.692. The van der Waals surface area contributed by atoms with Crippen LogP contribution in [0, 0.1) is 12.8 Å². The Morgan fingerprint density at radius 1 is 1.33 bits per heavy atom. The fourth-order valence-corrected chi connectivity index (χ4v) is 2.11. The number of nitrogens with one attached hydrogen (secondary N) is 1. The summed E-state index contributed by atoms with van der Waals surface area (Å²) >= 11 is 0. The molecule has 1 rings (SSSR count). The van der Waals surface area contributed by atoms with Gasteiger partial charge < -0.3 is 9.73 Å². The van der Waals surface area contributed by atoms with Gasteiger partial charge in [-0.3, -0.25) is 0 Å². The van der Waals surface area contributed by atoms with E-state index in [1.54, 1.807) is 6.26 Å². The predicted molar refractivity (Wildman–Crippen MR) is 63.9 cm³/mol. The monoisotopic (exact) mass is 209 g/mol. The van der Waals surface area contributed by atoms with Gasteiger partial charge in [-0.1, -0.05) is 26.7 Å². The molecule has 15 heavy (non-hydrogen) atoms. The molecule has 1 aromatic rings. The van der Waals surface area contributed by atoms with Crippen LogP contribution in [0.4, 0.5) is 0 Å². The summed E-state index contributed by atoms with van der Waals surface area (Å²) in [6.45, 7) is 6.57. The third-order valence-corrected chi connectivity index (χ3v) is 3.35. The van der Waals surface area contributed by atoms with Crippen LogP contribution in [0.5, 0.6) is 0 Å². The summed E-state index contributed by atoms with van der Waals surface area (Å²) in [5.41, 5.74) is 1.31. The number of hydrogen-bond acceptors (Lipinski definition) is 2. The molecular formula is C13H23NO. The van der Waals surface area contributed by atoms with Crippen molar-refractivity contribution in [3.8, 4) is 0 Å². The van der Waals surface area contributed by atoms with Crippen LogP contribution in [0.25, 0.3) is 0 Å². The predicted octanol–water partition coefficient (Wildman–Crippen LogP) is 3.67. The highest BCUT2D eigenvalue weighted by molar-refractivity contribution is 5.20. The molecule has 0 aliphatic heterocycles. The minimum atomic E-state index is 0.439. The van der Waals surface area contributed by atoms with E-state index in [1.165, 1.54) is 24.8 Å². The summed E-state index contributed by atoms with van der Waals surface area (Å²) in [5.74, 6) is 1.84. The average molecular weight is 209 g/mol. The van der Waals surface area contributed by atoms with Crippen LogP contribution in [0.1, 0.15) is 50.5 Å². The van der Waals surface area contributed by atoms with E-state index in [-0.39, 0.29) is 0 Å². The highest BCUT2D eigenvalue weighted by Gasteiger charge is 2.17. The lowest BCUT2D eigenvalue weighted by atomic mass is 9.91. The van der Waals surface area contributed by atoms with E-state index in [9.17, 15) is 0 Å². The van der Waals surface area contributed by atoms with Gasteiger partial charge in [0.1, 0.15) is 5.76 Å². The summed E-state index contributed by atoms with van der Waals surface area (Å²) in [5, 5.41) is 3.38. The third kappa shape index (κ3) is 3.10. The van der Waals surface area contributed by atoms with E-state index in [2.05, 4.69) is 25.2 Å². The van der Waals surface area contributed by atoms with Crippen molar-refractivity contribution in [2.75, 3.05) is 7.05 Å². The molecule has 0 fully saturated rings. The van der Waals surface area contributed by atoms with Crippen molar-refractivity contribution in [2.24, 2.45) is 5.92 Å². The molecule has 0 saturated carbocycles. The van der Waals surface area contributed by atoms with Gasteiger partial charge in [0.15, 0.2) is 0 Å². The van der Waals surface area contributed by atoms with Crippen molar-refractivity contribution < 1.29 is 4.42 Å². The zero-order chi connectivity index (χ0) is 11.3. The standard InChI is InChI=1S/C13H23NO/c1-5-11(6-2)9-13(14-4)12-7-8-15-10(12)3/h7-8,11,13-14H,5-6,9H2,1-4H3. The van der Waals surface area contributed by atoms with Gasteiger partial charge in [0, 0.05) is 11.6 Å². The van der Waals surface area contributed by atoms with Gasteiger partial charge in [0.25, 0.3) is 0 Å². The Balaban J connectivity index is 2.68. The van der Waals surface area contributed by atoms with E-state index < -0.39 is 0 Å². The third-order valence-electron chi connectivity index (χ3n) is 3.35. The SMILES string of the molecule is CCC(CC)CC(NC)c1ccoc1C. The van der Waals surface area contributed by atoms with Crippen molar-refractivity contribution >= 4 is 0 Å². The lowest BCUT2D eigenvalue weighted by Crippen LogP contribution is -2.19. The second-order valence-corrected chi connectivity index (χ2v) is 4.19. The molecule has 1 aromatic heterocycles. The molecular weight excluding hydrogens is 186 g/mol. The molecule has 2 heteroatoms. The molecule has 1 heterocycles. The Hall–Kier alpha value is -0.760. The lowest BCUT2D eigenvalue weighted by molar-refractivity contribution is 0.381. The molecule has 0 spiro atoms. The molecule has 0 aromatic carbocycles. The topological polar surface area (TPSA) is 25.2 Å². The Morgan fingerprint density at radius 2 is 2.00 bits per heavy atom. The second kappa shape index (κ2) is 5.96. The van der Waals surface area contributed by atoms with Gasteiger partial charge in [0.05, 0.1) is 6.26 Å². The number of furan rings is 1. The maximum Gasteiger partial charge on any atom is 0.105 e. The fourth-order valence-electron chi connectivity index (χ4n) is 2.11. The summed E-state index contributed by atoms with van der Waals surface area (Å²) in [6.07, 6.45) is 5.49. The van der Waals surface area contributed by atoms with Crippen molar-refractivity contribution in [2.45, 2.75) is 46.1 Å². The molecule has 0 amide bonds. The first-order valence-corrected chi connectivity index (χ1v) is 5.94. The molecule has 2 nitrogen and oxygen atoms in total. The first kappa shape index (κ1) is 12.3. The van der Waals surface area contributed by atoms with Crippen LogP contribution in [0.15, 0.2) is 16.7 Å². The molecule has 0 bridgehead atoms. The quantitative estimate of drug-likeness (QED) is 0.773. The van der Waals surface area contributed by atoms with E-state index in [4.69, 9.17) is 4.42 Å². The maximum atomic E-state index is 5.36. The molecule has 86 valence electrons. The van der Waals surface area contributed by atoms with E-state index in [0.29, 0.717) is 6.04 Å². The van der Waals surface area contributed by atoms with E-state index in [1.807, 2.05) is 14.0 Å². The highest BCUT2D eigenvalue weighted by atomic mass is 16.3. The molecule has 1 N–H and O–H groups in total. The molecule has 1 unspecified atom stereocenters. The van der Waals surface area contributed by atoms with Crippen LogP contribution in [0.3, 0.4) is 0 Å². The summed E-state index contributed by atoms with van der Waals surface area (Å²) in [4.78, 5) is 0. The van der Waals surface area contributed by atoms with Crippen LogP contribution in [0.2, 0.25) is 0 Å². The Bertz CT molecular complexity index is 276. The lowest BCUT2D eigenvalue weighted by Gasteiger charge is -2.21. The van der Waals surface area contributed by atoms with Gasteiger partial charge in [0.2, 0.25) is 0 Å². The maximum absolute atomic E-state index is 5.36. The normalized spacial score (nSPS) is 13.4. The molecule has 0 aliphatic carbocycles. The first-order valence-electron chi connectivity index (χ1n) is 5.94. The molecule has 0 aliphatic rings. The van der Waals surface area contributed by atoms with Crippen molar-refractivity contribution in [3.63, 3.8) is 0 Å². The van der Waals surface area contributed by atoms with Crippen LogP contribution < -0.4 is 5.32 Å². The van der Waals surface area contributed by atoms with Gasteiger partial charge in [-0.25, -0.2) is 0 Å². The minimum absolute atomic E-state index is 0.439. The highest BCUT2D eigenvalue weighted by Crippen LogP contribution is 2.27. The zero-order valence-electron chi connectivity index (χ0n) is 10.3. The van der Waals surface area contributed by atoms with Crippen LogP contribution in [-0.4, -0.2) is 7.05 Å². The van der Waals surface area contributed by atoms with Crippen LogP contribution in [-0.2, 0) is 0 Å². The number of aryl methyl sites for hydroxylation is 1. The van der Waals surface area contributed by atoms with Gasteiger partial charge in [-0.15, -0.1) is 0 Å². The smallest absolute Gasteiger partial charge is 0.105 e. The van der Waals surface area contributed by atoms with Crippen molar-refractivity contribution in [1.29, 1.82) is 0 Å². The zero-order valence-corrected chi connectivity index (χ0v) is 10.3.